The predicted molar refractivity (Wildman–Crippen MR) is 100.0 cm³/mol. The van der Waals surface area contributed by atoms with Gasteiger partial charge in [0.25, 0.3) is 0 Å². The molecule has 0 aromatic heterocycles. The highest BCUT2D eigenvalue weighted by Gasteiger charge is 2.34. The van der Waals surface area contributed by atoms with Crippen LogP contribution in [-0.4, -0.2) is 5.97 Å². The van der Waals surface area contributed by atoms with Gasteiger partial charge in [0, 0.05) is 6.42 Å². The van der Waals surface area contributed by atoms with Crippen molar-refractivity contribution in [1.29, 1.82) is 0 Å². The molecular weight excluding hydrogens is 296 g/mol. The fourth-order valence-corrected chi connectivity index (χ4v) is 3.55. The van der Waals surface area contributed by atoms with Gasteiger partial charge in [0.05, 0.1) is 5.92 Å². The van der Waals surface area contributed by atoms with Gasteiger partial charge in [0.1, 0.15) is 6.10 Å². The lowest BCUT2D eigenvalue weighted by Gasteiger charge is -2.10. The molecule has 0 bridgehead atoms. The van der Waals surface area contributed by atoms with Crippen molar-refractivity contribution in [2.24, 2.45) is 5.92 Å². The number of carbonyl (C=O) groups is 1. The summed E-state index contributed by atoms with van der Waals surface area (Å²) in [6, 6.07) is 8.72. The Bertz CT molecular complexity index is 477. The van der Waals surface area contributed by atoms with Gasteiger partial charge in [-0.1, -0.05) is 83.1 Å². The topological polar surface area (TPSA) is 26.3 Å². The van der Waals surface area contributed by atoms with Gasteiger partial charge in [-0.2, -0.15) is 0 Å². The Morgan fingerprint density at radius 2 is 1.58 bits per heavy atom. The number of hydrogen-bond donors (Lipinski definition) is 0. The molecule has 1 saturated heterocycles. The molecule has 134 valence electrons. The zero-order valence-corrected chi connectivity index (χ0v) is 15.6. The first-order valence-corrected chi connectivity index (χ1v) is 10.0. The molecule has 2 nitrogen and oxygen atoms in total. The van der Waals surface area contributed by atoms with E-state index in [9.17, 15) is 4.79 Å². The summed E-state index contributed by atoms with van der Waals surface area (Å²) >= 11 is 0. The van der Waals surface area contributed by atoms with E-state index in [0.717, 1.165) is 31.2 Å². The van der Waals surface area contributed by atoms with E-state index in [1.165, 1.54) is 50.5 Å². The van der Waals surface area contributed by atoms with Crippen LogP contribution in [0.25, 0.3) is 0 Å². The monoisotopic (exact) mass is 330 g/mol. The molecule has 2 atom stereocenters. The Labute approximate surface area is 148 Å². The third kappa shape index (κ3) is 5.96. The smallest absolute Gasteiger partial charge is 0.309 e. The Balaban J connectivity index is 1.77. The van der Waals surface area contributed by atoms with Crippen LogP contribution in [0.15, 0.2) is 24.3 Å². The lowest BCUT2D eigenvalue weighted by atomic mass is 9.94. The van der Waals surface area contributed by atoms with Crippen molar-refractivity contribution >= 4 is 5.97 Å². The third-order valence-electron chi connectivity index (χ3n) is 5.17. The van der Waals surface area contributed by atoms with E-state index in [4.69, 9.17) is 4.74 Å². The minimum absolute atomic E-state index is 0.0162. The maximum atomic E-state index is 12.1. The molecule has 0 aliphatic carbocycles. The molecule has 1 aromatic rings. The highest BCUT2D eigenvalue weighted by molar-refractivity contribution is 5.74. The quantitative estimate of drug-likeness (QED) is 0.347. The lowest BCUT2D eigenvalue weighted by Crippen LogP contribution is -2.06. The SMILES string of the molecule is CCCCCCCC1CC(c2ccc(CCCCC)cc2)OC1=O. The predicted octanol–water partition coefficient (Wildman–Crippen LogP) is 6.38. The normalized spacial score (nSPS) is 20.3. The number of rotatable bonds is 11. The van der Waals surface area contributed by atoms with Crippen LogP contribution in [-0.2, 0) is 16.0 Å². The standard InChI is InChI=1S/C22H34O2/c1-3-5-7-8-10-12-20-17-21(24-22(20)23)19-15-13-18(14-16-19)11-9-6-4-2/h13-16,20-21H,3-12,17H2,1-2H3. The van der Waals surface area contributed by atoms with Crippen LogP contribution >= 0.6 is 0 Å². The van der Waals surface area contributed by atoms with Crippen molar-refractivity contribution < 1.29 is 9.53 Å². The maximum Gasteiger partial charge on any atom is 0.309 e. The summed E-state index contributed by atoms with van der Waals surface area (Å²) in [6.07, 6.45) is 13.1. The van der Waals surface area contributed by atoms with Crippen molar-refractivity contribution in [3.63, 3.8) is 0 Å². The summed E-state index contributed by atoms with van der Waals surface area (Å²) < 4.78 is 5.64. The van der Waals surface area contributed by atoms with Crippen molar-refractivity contribution in [3.05, 3.63) is 35.4 Å². The van der Waals surface area contributed by atoms with E-state index in [-0.39, 0.29) is 18.0 Å². The van der Waals surface area contributed by atoms with Gasteiger partial charge >= 0.3 is 5.97 Å². The first-order valence-electron chi connectivity index (χ1n) is 10.0. The fourth-order valence-electron chi connectivity index (χ4n) is 3.55. The van der Waals surface area contributed by atoms with Crippen molar-refractivity contribution in [2.45, 2.75) is 90.6 Å². The number of esters is 1. The molecule has 1 fully saturated rings. The molecule has 1 heterocycles. The minimum atomic E-state index is -0.0252. The molecule has 0 saturated carbocycles. The first kappa shape index (κ1) is 19.0. The average Bonchev–Trinajstić information content (AvgIpc) is 2.96. The molecule has 1 aromatic carbocycles. The van der Waals surface area contributed by atoms with E-state index in [1.807, 2.05) is 0 Å². The minimum Gasteiger partial charge on any atom is -0.457 e. The maximum absolute atomic E-state index is 12.1. The number of benzene rings is 1. The number of cyclic esters (lactones) is 1. The Morgan fingerprint density at radius 3 is 2.29 bits per heavy atom. The summed E-state index contributed by atoms with van der Waals surface area (Å²) in [6.45, 7) is 4.46. The van der Waals surface area contributed by atoms with E-state index >= 15 is 0 Å². The molecule has 1 aliphatic rings. The Kier molecular flexibility index (Phi) is 8.35. The second-order valence-corrected chi connectivity index (χ2v) is 7.26. The van der Waals surface area contributed by atoms with E-state index in [1.54, 1.807) is 0 Å². The number of ether oxygens (including phenoxy) is 1. The largest absolute Gasteiger partial charge is 0.457 e. The fraction of sp³-hybridized carbons (Fsp3) is 0.682. The van der Waals surface area contributed by atoms with E-state index in [0.29, 0.717) is 0 Å². The second kappa shape index (κ2) is 10.5. The second-order valence-electron chi connectivity index (χ2n) is 7.26. The van der Waals surface area contributed by atoms with Crippen molar-refractivity contribution in [3.8, 4) is 0 Å². The van der Waals surface area contributed by atoms with Crippen LogP contribution in [0.3, 0.4) is 0 Å². The number of unbranched alkanes of at least 4 members (excludes halogenated alkanes) is 6. The zero-order chi connectivity index (χ0) is 17.2. The summed E-state index contributed by atoms with van der Waals surface area (Å²) in [5, 5.41) is 0. The van der Waals surface area contributed by atoms with Crippen LogP contribution in [0.1, 0.15) is 95.3 Å². The summed E-state index contributed by atoms with van der Waals surface area (Å²) in [5.41, 5.74) is 2.56. The van der Waals surface area contributed by atoms with E-state index < -0.39 is 0 Å². The van der Waals surface area contributed by atoms with Crippen LogP contribution in [0.4, 0.5) is 0 Å². The van der Waals surface area contributed by atoms with Gasteiger partial charge in [0.2, 0.25) is 0 Å². The molecule has 1 aliphatic heterocycles. The average molecular weight is 331 g/mol. The highest BCUT2D eigenvalue weighted by Crippen LogP contribution is 2.36. The van der Waals surface area contributed by atoms with Crippen molar-refractivity contribution in [2.75, 3.05) is 0 Å². The van der Waals surface area contributed by atoms with Gasteiger partial charge < -0.3 is 4.74 Å². The lowest BCUT2D eigenvalue weighted by molar-refractivity contribution is -0.144. The summed E-state index contributed by atoms with van der Waals surface area (Å²) in [7, 11) is 0. The van der Waals surface area contributed by atoms with Crippen LogP contribution in [0.2, 0.25) is 0 Å². The highest BCUT2D eigenvalue weighted by atomic mass is 16.5. The molecule has 2 rings (SSSR count). The molecule has 24 heavy (non-hydrogen) atoms. The van der Waals surface area contributed by atoms with Crippen LogP contribution < -0.4 is 0 Å². The molecular formula is C22H34O2. The molecule has 0 radical (unpaired) electrons. The van der Waals surface area contributed by atoms with Gasteiger partial charge in [-0.3, -0.25) is 4.79 Å². The Hall–Kier alpha value is -1.31. The van der Waals surface area contributed by atoms with Crippen LogP contribution in [0.5, 0.6) is 0 Å². The van der Waals surface area contributed by atoms with Gasteiger partial charge in [-0.05, 0) is 30.4 Å². The zero-order valence-electron chi connectivity index (χ0n) is 15.6. The van der Waals surface area contributed by atoms with Crippen molar-refractivity contribution in [1.82, 2.24) is 0 Å². The van der Waals surface area contributed by atoms with Gasteiger partial charge in [-0.25, -0.2) is 0 Å². The van der Waals surface area contributed by atoms with Crippen LogP contribution in [0, 0.1) is 5.92 Å². The molecule has 0 spiro atoms. The Morgan fingerprint density at radius 1 is 0.917 bits per heavy atom. The number of aryl methyl sites for hydroxylation is 1. The molecule has 0 amide bonds. The first-order chi connectivity index (χ1) is 11.7. The van der Waals surface area contributed by atoms with Gasteiger partial charge in [0.15, 0.2) is 0 Å². The van der Waals surface area contributed by atoms with Gasteiger partial charge in [-0.15, -0.1) is 0 Å². The van der Waals surface area contributed by atoms with E-state index in [2.05, 4.69) is 38.1 Å². The summed E-state index contributed by atoms with van der Waals surface area (Å²) in [5.74, 6) is 0.128. The summed E-state index contributed by atoms with van der Waals surface area (Å²) in [4.78, 5) is 12.1. The molecule has 2 heteroatoms. The third-order valence-corrected chi connectivity index (χ3v) is 5.17. The number of carbonyl (C=O) groups excluding carboxylic acids is 1. The molecule has 0 N–H and O–H groups in total. The molecule has 2 unspecified atom stereocenters. The number of hydrogen-bond acceptors (Lipinski definition) is 2.